The van der Waals surface area contributed by atoms with Crippen molar-refractivity contribution in [3.8, 4) is 0 Å². The third kappa shape index (κ3) is 5.00. The summed E-state index contributed by atoms with van der Waals surface area (Å²) in [5.74, 6) is 2.49. The number of furan rings is 1. The van der Waals surface area contributed by atoms with E-state index in [2.05, 4.69) is 24.8 Å². The summed E-state index contributed by atoms with van der Waals surface area (Å²) < 4.78 is 5.47. The molecule has 1 fully saturated rings. The minimum Gasteiger partial charge on any atom is -0.468 e. The van der Waals surface area contributed by atoms with Gasteiger partial charge >= 0.3 is 0 Å². The maximum atomic E-state index is 5.90. The Morgan fingerprint density at radius 1 is 1.42 bits per heavy atom. The van der Waals surface area contributed by atoms with Gasteiger partial charge in [0.25, 0.3) is 0 Å². The molecule has 0 aliphatic heterocycles. The zero-order chi connectivity index (χ0) is 13.7. The quantitative estimate of drug-likeness (QED) is 0.744. The standard InChI is InChI=1S/C16H28N2O/c1-13(2)10-14(11-17)7-8-18(15-5-6-15)12-16-4-3-9-19-16/h3-4,9,13-15H,5-8,10-12,17H2,1-2H3. The summed E-state index contributed by atoms with van der Waals surface area (Å²) in [5, 5.41) is 0. The van der Waals surface area contributed by atoms with Crippen LogP contribution in [-0.4, -0.2) is 24.0 Å². The number of hydrogen-bond acceptors (Lipinski definition) is 3. The van der Waals surface area contributed by atoms with Crippen LogP contribution < -0.4 is 5.73 Å². The van der Waals surface area contributed by atoms with Crippen LogP contribution in [0.5, 0.6) is 0 Å². The van der Waals surface area contributed by atoms with Crippen molar-refractivity contribution < 1.29 is 4.42 Å². The molecule has 1 heterocycles. The molecule has 19 heavy (non-hydrogen) atoms. The number of nitrogens with two attached hydrogens (primary N) is 1. The largest absolute Gasteiger partial charge is 0.468 e. The first kappa shape index (κ1) is 14.6. The Bertz CT molecular complexity index is 344. The smallest absolute Gasteiger partial charge is 0.117 e. The molecule has 0 bridgehead atoms. The first-order valence-corrected chi connectivity index (χ1v) is 7.65. The third-order valence-corrected chi connectivity index (χ3v) is 3.96. The fraction of sp³-hybridized carbons (Fsp3) is 0.750. The average Bonchev–Trinajstić information content (AvgIpc) is 3.10. The van der Waals surface area contributed by atoms with Gasteiger partial charge in [-0.1, -0.05) is 13.8 Å². The summed E-state index contributed by atoms with van der Waals surface area (Å²) in [5.41, 5.74) is 5.90. The van der Waals surface area contributed by atoms with E-state index >= 15 is 0 Å². The molecule has 1 saturated carbocycles. The molecule has 0 amide bonds. The first-order chi connectivity index (χ1) is 9.19. The van der Waals surface area contributed by atoms with E-state index < -0.39 is 0 Å². The lowest BCUT2D eigenvalue weighted by Gasteiger charge is -2.24. The fourth-order valence-electron chi connectivity index (χ4n) is 2.78. The van der Waals surface area contributed by atoms with Crippen molar-refractivity contribution in [2.24, 2.45) is 17.6 Å². The van der Waals surface area contributed by atoms with Crippen LogP contribution in [0.4, 0.5) is 0 Å². The summed E-state index contributed by atoms with van der Waals surface area (Å²) in [6, 6.07) is 4.83. The van der Waals surface area contributed by atoms with Crippen molar-refractivity contribution >= 4 is 0 Å². The van der Waals surface area contributed by atoms with Crippen molar-refractivity contribution in [1.82, 2.24) is 4.90 Å². The minimum absolute atomic E-state index is 0.665. The number of rotatable bonds is 9. The lowest BCUT2D eigenvalue weighted by atomic mass is 9.94. The van der Waals surface area contributed by atoms with Crippen LogP contribution in [0.25, 0.3) is 0 Å². The maximum Gasteiger partial charge on any atom is 0.117 e. The van der Waals surface area contributed by atoms with Crippen molar-refractivity contribution in [1.29, 1.82) is 0 Å². The van der Waals surface area contributed by atoms with Crippen LogP contribution >= 0.6 is 0 Å². The van der Waals surface area contributed by atoms with Gasteiger partial charge in [0.1, 0.15) is 5.76 Å². The predicted octanol–water partition coefficient (Wildman–Crippen LogP) is 3.26. The zero-order valence-corrected chi connectivity index (χ0v) is 12.3. The molecule has 0 radical (unpaired) electrons. The molecule has 3 nitrogen and oxygen atoms in total. The van der Waals surface area contributed by atoms with Gasteiger partial charge in [0.15, 0.2) is 0 Å². The van der Waals surface area contributed by atoms with Gasteiger partial charge in [-0.25, -0.2) is 0 Å². The highest BCUT2D eigenvalue weighted by Crippen LogP contribution is 2.29. The molecular weight excluding hydrogens is 236 g/mol. The molecule has 1 aliphatic carbocycles. The van der Waals surface area contributed by atoms with Crippen LogP contribution in [0.15, 0.2) is 22.8 Å². The van der Waals surface area contributed by atoms with Crippen molar-refractivity contribution in [3.63, 3.8) is 0 Å². The number of nitrogens with zero attached hydrogens (tertiary/aromatic N) is 1. The lowest BCUT2D eigenvalue weighted by Crippen LogP contribution is -2.29. The van der Waals surface area contributed by atoms with Crippen LogP contribution in [0.1, 0.15) is 45.3 Å². The molecule has 1 aliphatic rings. The molecule has 2 rings (SSSR count). The van der Waals surface area contributed by atoms with Gasteiger partial charge in [-0.05, 0) is 62.7 Å². The maximum absolute atomic E-state index is 5.90. The van der Waals surface area contributed by atoms with Gasteiger partial charge in [0, 0.05) is 6.04 Å². The number of hydrogen-bond donors (Lipinski definition) is 1. The molecule has 0 spiro atoms. The van der Waals surface area contributed by atoms with E-state index in [1.54, 1.807) is 6.26 Å². The van der Waals surface area contributed by atoms with E-state index in [-0.39, 0.29) is 0 Å². The Morgan fingerprint density at radius 2 is 2.21 bits per heavy atom. The summed E-state index contributed by atoms with van der Waals surface area (Å²) in [6.45, 7) is 7.49. The highest BCUT2D eigenvalue weighted by Gasteiger charge is 2.29. The molecular formula is C16H28N2O. The van der Waals surface area contributed by atoms with Gasteiger partial charge < -0.3 is 10.2 Å². The highest BCUT2D eigenvalue weighted by atomic mass is 16.3. The van der Waals surface area contributed by atoms with Crippen LogP contribution in [0.2, 0.25) is 0 Å². The van der Waals surface area contributed by atoms with Crippen molar-refractivity contribution in [2.75, 3.05) is 13.1 Å². The molecule has 108 valence electrons. The third-order valence-electron chi connectivity index (χ3n) is 3.96. The molecule has 1 aromatic heterocycles. The summed E-state index contributed by atoms with van der Waals surface area (Å²) in [6.07, 6.45) is 6.92. The van der Waals surface area contributed by atoms with Gasteiger partial charge in [0.2, 0.25) is 0 Å². The minimum atomic E-state index is 0.665. The van der Waals surface area contributed by atoms with E-state index in [1.165, 1.54) is 25.7 Å². The highest BCUT2D eigenvalue weighted by molar-refractivity contribution is 4.99. The van der Waals surface area contributed by atoms with Crippen molar-refractivity contribution in [2.45, 2.75) is 52.1 Å². The summed E-state index contributed by atoms with van der Waals surface area (Å²) in [7, 11) is 0. The van der Waals surface area contributed by atoms with Gasteiger partial charge in [-0.2, -0.15) is 0 Å². The Balaban J connectivity index is 1.79. The second-order valence-corrected chi connectivity index (χ2v) is 6.30. The zero-order valence-electron chi connectivity index (χ0n) is 12.3. The first-order valence-electron chi connectivity index (χ1n) is 7.65. The van der Waals surface area contributed by atoms with E-state index in [4.69, 9.17) is 10.2 Å². The molecule has 0 aromatic carbocycles. The Morgan fingerprint density at radius 3 is 2.74 bits per heavy atom. The van der Waals surface area contributed by atoms with Gasteiger partial charge in [-0.3, -0.25) is 4.90 Å². The SMILES string of the molecule is CC(C)CC(CN)CCN(Cc1ccco1)C1CC1. The monoisotopic (exact) mass is 264 g/mol. The van der Waals surface area contributed by atoms with Crippen molar-refractivity contribution in [3.05, 3.63) is 24.2 Å². The summed E-state index contributed by atoms with van der Waals surface area (Å²) in [4.78, 5) is 2.57. The Hall–Kier alpha value is -0.800. The van der Waals surface area contributed by atoms with Crippen LogP contribution in [0, 0.1) is 11.8 Å². The average molecular weight is 264 g/mol. The van der Waals surface area contributed by atoms with E-state index in [0.717, 1.165) is 37.4 Å². The summed E-state index contributed by atoms with van der Waals surface area (Å²) >= 11 is 0. The van der Waals surface area contributed by atoms with Gasteiger partial charge in [0.05, 0.1) is 12.8 Å². The van der Waals surface area contributed by atoms with E-state index in [0.29, 0.717) is 5.92 Å². The Kier molecular flexibility index (Phi) is 5.46. The molecule has 0 saturated heterocycles. The van der Waals surface area contributed by atoms with Crippen LogP contribution in [-0.2, 0) is 6.54 Å². The molecule has 2 N–H and O–H groups in total. The van der Waals surface area contributed by atoms with Gasteiger partial charge in [-0.15, -0.1) is 0 Å². The lowest BCUT2D eigenvalue weighted by molar-refractivity contribution is 0.211. The Labute approximate surface area is 117 Å². The topological polar surface area (TPSA) is 42.4 Å². The second-order valence-electron chi connectivity index (χ2n) is 6.30. The fourth-order valence-corrected chi connectivity index (χ4v) is 2.78. The second kappa shape index (κ2) is 7.11. The molecule has 1 atom stereocenters. The molecule has 3 heteroatoms. The van der Waals surface area contributed by atoms with Crippen LogP contribution in [0.3, 0.4) is 0 Å². The van der Waals surface area contributed by atoms with E-state index in [1.807, 2.05) is 6.07 Å². The molecule has 1 unspecified atom stereocenters. The van der Waals surface area contributed by atoms with E-state index in [9.17, 15) is 0 Å². The molecule has 1 aromatic rings. The normalized spacial score (nSPS) is 17.3. The predicted molar refractivity (Wildman–Crippen MR) is 78.8 cm³/mol.